The van der Waals surface area contributed by atoms with Gasteiger partial charge in [-0.2, -0.15) is 10.2 Å². The van der Waals surface area contributed by atoms with Gasteiger partial charge >= 0.3 is 0 Å². The molecule has 0 aliphatic carbocycles. The third-order valence-electron chi connectivity index (χ3n) is 6.82. The summed E-state index contributed by atoms with van der Waals surface area (Å²) in [6, 6.07) is 6.04. The number of anilines is 4. The van der Waals surface area contributed by atoms with E-state index in [1.807, 2.05) is 18.5 Å². The molecule has 3 aromatic heterocycles. The van der Waals surface area contributed by atoms with E-state index in [0.29, 0.717) is 43.6 Å². The van der Waals surface area contributed by atoms with E-state index in [9.17, 15) is 9.50 Å². The Kier molecular flexibility index (Phi) is 5.89. The van der Waals surface area contributed by atoms with Gasteiger partial charge < -0.3 is 20.2 Å². The SMILES string of the molecule is CC(C)c1cnc(N2CC(C#N)C2)c2cnc(Nc3ccnc(N4CC[C@@H](O)[C@@](C)(F)C4)n3)cc12. The predicted molar refractivity (Wildman–Crippen MR) is 133 cm³/mol. The van der Waals surface area contributed by atoms with Crippen molar-refractivity contribution in [2.45, 2.75) is 44.9 Å². The van der Waals surface area contributed by atoms with E-state index in [4.69, 9.17) is 10.2 Å². The Hall–Kier alpha value is -3.58. The number of rotatable bonds is 5. The first-order valence-corrected chi connectivity index (χ1v) is 11.9. The number of hydrogen-bond donors (Lipinski definition) is 2. The lowest BCUT2D eigenvalue weighted by molar-refractivity contribution is -0.00860. The van der Waals surface area contributed by atoms with Crippen molar-refractivity contribution in [3.8, 4) is 6.07 Å². The van der Waals surface area contributed by atoms with Crippen LogP contribution in [0.3, 0.4) is 0 Å². The molecule has 0 aromatic carbocycles. The van der Waals surface area contributed by atoms with Gasteiger partial charge in [-0.1, -0.05) is 13.8 Å². The van der Waals surface area contributed by atoms with Crippen LogP contribution in [0.2, 0.25) is 0 Å². The summed E-state index contributed by atoms with van der Waals surface area (Å²) in [5.41, 5.74) is -0.600. The van der Waals surface area contributed by atoms with Crippen molar-refractivity contribution < 1.29 is 9.50 Å². The van der Waals surface area contributed by atoms with Crippen LogP contribution in [0.4, 0.5) is 27.8 Å². The van der Waals surface area contributed by atoms with E-state index in [1.165, 1.54) is 6.92 Å². The largest absolute Gasteiger partial charge is 0.390 e. The normalized spacial score (nSPS) is 22.8. The average Bonchev–Trinajstić information content (AvgIpc) is 2.80. The molecule has 5 rings (SSSR count). The molecule has 10 heteroatoms. The van der Waals surface area contributed by atoms with E-state index >= 15 is 0 Å². The Balaban J connectivity index is 1.43. The molecule has 0 saturated carbocycles. The zero-order valence-electron chi connectivity index (χ0n) is 20.1. The lowest BCUT2D eigenvalue weighted by atomic mass is 9.94. The van der Waals surface area contributed by atoms with E-state index in [-0.39, 0.29) is 18.4 Å². The number of pyridine rings is 2. The van der Waals surface area contributed by atoms with Gasteiger partial charge in [-0.25, -0.2) is 19.3 Å². The number of fused-ring (bicyclic) bond motifs is 1. The number of piperidine rings is 1. The molecule has 9 nitrogen and oxygen atoms in total. The van der Waals surface area contributed by atoms with Crippen LogP contribution in [-0.4, -0.2) is 63.0 Å². The van der Waals surface area contributed by atoms with Crippen LogP contribution in [0.1, 0.15) is 38.7 Å². The maximum absolute atomic E-state index is 14.7. The number of hydrogen-bond acceptors (Lipinski definition) is 9. The zero-order chi connectivity index (χ0) is 24.7. The van der Waals surface area contributed by atoms with Crippen LogP contribution >= 0.6 is 0 Å². The smallest absolute Gasteiger partial charge is 0.227 e. The van der Waals surface area contributed by atoms with Crippen LogP contribution < -0.4 is 15.1 Å². The Morgan fingerprint density at radius 2 is 1.97 bits per heavy atom. The zero-order valence-corrected chi connectivity index (χ0v) is 20.1. The van der Waals surface area contributed by atoms with Gasteiger partial charge in [0.1, 0.15) is 17.5 Å². The summed E-state index contributed by atoms with van der Waals surface area (Å²) >= 11 is 0. The minimum Gasteiger partial charge on any atom is -0.390 e. The van der Waals surface area contributed by atoms with Gasteiger partial charge in [-0.15, -0.1) is 0 Å². The van der Waals surface area contributed by atoms with Crippen LogP contribution in [0.15, 0.2) is 30.7 Å². The van der Waals surface area contributed by atoms with Crippen LogP contribution in [0.5, 0.6) is 0 Å². The van der Waals surface area contributed by atoms with Crippen molar-refractivity contribution in [1.82, 2.24) is 19.9 Å². The summed E-state index contributed by atoms with van der Waals surface area (Å²) in [5, 5.41) is 24.3. The quantitative estimate of drug-likeness (QED) is 0.570. The summed E-state index contributed by atoms with van der Waals surface area (Å²) < 4.78 is 14.7. The van der Waals surface area contributed by atoms with Crippen molar-refractivity contribution in [2.24, 2.45) is 5.92 Å². The van der Waals surface area contributed by atoms with Crippen molar-refractivity contribution >= 4 is 34.2 Å². The first kappa shape index (κ1) is 23.2. The number of nitriles is 1. The third-order valence-corrected chi connectivity index (χ3v) is 6.82. The predicted octanol–water partition coefficient (Wildman–Crippen LogP) is 3.55. The highest BCUT2D eigenvalue weighted by atomic mass is 19.1. The van der Waals surface area contributed by atoms with E-state index in [1.54, 1.807) is 17.2 Å². The Labute approximate surface area is 203 Å². The molecule has 0 spiro atoms. The van der Waals surface area contributed by atoms with Crippen LogP contribution in [0.25, 0.3) is 10.8 Å². The minimum atomic E-state index is -1.71. The van der Waals surface area contributed by atoms with Crippen molar-refractivity contribution in [2.75, 3.05) is 41.3 Å². The van der Waals surface area contributed by atoms with Gasteiger partial charge in [0.15, 0.2) is 5.67 Å². The summed E-state index contributed by atoms with van der Waals surface area (Å²) in [6.07, 6.45) is 4.68. The molecule has 2 fully saturated rings. The molecule has 0 bridgehead atoms. The topological polar surface area (TPSA) is 114 Å². The number of aromatic nitrogens is 4. The van der Waals surface area contributed by atoms with Crippen molar-refractivity contribution in [3.05, 3.63) is 36.3 Å². The van der Waals surface area contributed by atoms with Gasteiger partial charge in [0.25, 0.3) is 0 Å². The maximum atomic E-state index is 14.7. The standard InChI is InChI=1S/C25H29FN8O/c1-15(2)18-10-30-23(34-12-16(9-27)13-34)19-11-29-22(8-17(18)19)31-21-4-6-28-24(32-21)33-7-5-20(35)25(3,26)14-33/h4,6,8,10-11,15-16,20,35H,5,7,12-14H2,1-3H3,(H,28,29,31,32)/t20-,25+/m1/s1. The third kappa shape index (κ3) is 4.44. The Morgan fingerprint density at radius 3 is 2.69 bits per heavy atom. The van der Waals surface area contributed by atoms with Crippen molar-refractivity contribution in [3.63, 3.8) is 0 Å². The molecule has 2 N–H and O–H groups in total. The van der Waals surface area contributed by atoms with E-state index in [0.717, 1.165) is 22.2 Å². The summed E-state index contributed by atoms with van der Waals surface area (Å²) in [4.78, 5) is 22.0. The number of halogens is 1. The Bertz CT molecular complexity index is 1280. The average molecular weight is 477 g/mol. The van der Waals surface area contributed by atoms with Gasteiger partial charge in [0.2, 0.25) is 5.95 Å². The molecule has 2 atom stereocenters. The highest BCUT2D eigenvalue weighted by Gasteiger charge is 2.39. The molecule has 0 amide bonds. The monoisotopic (exact) mass is 476 g/mol. The highest BCUT2D eigenvalue weighted by Crippen LogP contribution is 2.35. The second kappa shape index (κ2) is 8.89. The maximum Gasteiger partial charge on any atom is 0.227 e. The summed E-state index contributed by atoms with van der Waals surface area (Å²) in [6.45, 7) is 7.52. The molecular weight excluding hydrogens is 447 g/mol. The molecule has 2 aliphatic rings. The Morgan fingerprint density at radius 1 is 1.17 bits per heavy atom. The lowest BCUT2D eigenvalue weighted by Gasteiger charge is -2.38. The fourth-order valence-electron chi connectivity index (χ4n) is 4.66. The number of aliphatic hydroxyl groups is 1. The van der Waals surface area contributed by atoms with Crippen LogP contribution in [0, 0.1) is 17.2 Å². The number of aliphatic hydroxyl groups excluding tert-OH is 1. The van der Waals surface area contributed by atoms with Gasteiger partial charge in [-0.3, -0.25) is 0 Å². The molecule has 35 heavy (non-hydrogen) atoms. The second-order valence-corrected chi connectivity index (χ2v) is 9.91. The van der Waals surface area contributed by atoms with Crippen LogP contribution in [-0.2, 0) is 0 Å². The van der Waals surface area contributed by atoms with Gasteiger partial charge in [0.05, 0.1) is 24.6 Å². The molecule has 0 radical (unpaired) electrons. The van der Waals surface area contributed by atoms with Gasteiger partial charge in [0, 0.05) is 43.6 Å². The fourth-order valence-corrected chi connectivity index (χ4v) is 4.66. The number of nitrogens with one attached hydrogen (secondary N) is 1. The molecule has 3 aromatic rings. The first-order valence-electron chi connectivity index (χ1n) is 11.9. The fraction of sp³-hybridized carbons (Fsp3) is 0.480. The van der Waals surface area contributed by atoms with Gasteiger partial charge in [-0.05, 0) is 42.3 Å². The van der Waals surface area contributed by atoms with E-state index < -0.39 is 11.8 Å². The molecule has 5 heterocycles. The summed E-state index contributed by atoms with van der Waals surface area (Å²) in [5.74, 6) is 2.74. The number of alkyl halides is 1. The second-order valence-electron chi connectivity index (χ2n) is 9.91. The highest BCUT2D eigenvalue weighted by molar-refractivity contribution is 5.96. The summed E-state index contributed by atoms with van der Waals surface area (Å²) in [7, 11) is 0. The molecule has 0 unspecified atom stereocenters. The molecular formula is C25H29FN8O. The minimum absolute atomic E-state index is 0.0303. The molecule has 2 aliphatic heterocycles. The molecule has 2 saturated heterocycles. The molecule has 182 valence electrons. The number of nitrogens with zero attached hydrogens (tertiary/aromatic N) is 7. The lowest BCUT2D eigenvalue weighted by Crippen LogP contribution is -2.52. The van der Waals surface area contributed by atoms with E-state index in [2.05, 4.69) is 45.1 Å². The first-order chi connectivity index (χ1) is 16.7. The van der Waals surface area contributed by atoms with Crippen molar-refractivity contribution in [1.29, 1.82) is 5.26 Å².